The number of aromatic amines is 1. The molecule has 0 bridgehead atoms. The Morgan fingerprint density at radius 2 is 2.30 bits per heavy atom. The number of imidazole rings is 1. The van der Waals surface area contributed by atoms with E-state index in [1.54, 1.807) is 12.5 Å². The SMILES string of the molecule is O=C(NCCc1cnc[nH]1)C1CCNc2ccccc21. The zero-order valence-corrected chi connectivity index (χ0v) is 11.2. The van der Waals surface area contributed by atoms with E-state index in [0.717, 1.165) is 36.3 Å². The van der Waals surface area contributed by atoms with Gasteiger partial charge in [0.15, 0.2) is 0 Å². The zero-order valence-electron chi connectivity index (χ0n) is 11.2. The summed E-state index contributed by atoms with van der Waals surface area (Å²) in [5, 5.41) is 6.35. The number of benzene rings is 1. The largest absolute Gasteiger partial charge is 0.385 e. The summed E-state index contributed by atoms with van der Waals surface area (Å²) in [6, 6.07) is 8.03. The number of carbonyl (C=O) groups is 1. The van der Waals surface area contributed by atoms with Crippen LogP contribution in [0.1, 0.15) is 23.6 Å². The molecule has 0 saturated heterocycles. The Balaban J connectivity index is 1.60. The van der Waals surface area contributed by atoms with E-state index in [1.807, 2.05) is 24.3 Å². The Labute approximate surface area is 117 Å². The Bertz CT molecular complexity index is 579. The summed E-state index contributed by atoms with van der Waals surface area (Å²) in [4.78, 5) is 19.3. The molecule has 0 fully saturated rings. The van der Waals surface area contributed by atoms with Crippen LogP contribution in [0.15, 0.2) is 36.8 Å². The van der Waals surface area contributed by atoms with Crippen LogP contribution in [0.4, 0.5) is 5.69 Å². The Morgan fingerprint density at radius 1 is 1.40 bits per heavy atom. The van der Waals surface area contributed by atoms with Crippen LogP contribution in [0, 0.1) is 0 Å². The van der Waals surface area contributed by atoms with E-state index >= 15 is 0 Å². The number of H-pyrrole nitrogens is 1. The molecule has 1 atom stereocenters. The van der Waals surface area contributed by atoms with Gasteiger partial charge in [0.1, 0.15) is 0 Å². The van der Waals surface area contributed by atoms with Crippen molar-refractivity contribution in [1.29, 1.82) is 0 Å². The number of nitrogens with zero attached hydrogens (tertiary/aromatic N) is 1. The van der Waals surface area contributed by atoms with Crippen molar-refractivity contribution in [1.82, 2.24) is 15.3 Å². The van der Waals surface area contributed by atoms with E-state index in [2.05, 4.69) is 20.6 Å². The molecule has 104 valence electrons. The number of para-hydroxylation sites is 1. The third-order valence-corrected chi connectivity index (χ3v) is 3.65. The summed E-state index contributed by atoms with van der Waals surface area (Å²) in [6.07, 6.45) is 5.05. The van der Waals surface area contributed by atoms with Crippen LogP contribution in [0.5, 0.6) is 0 Å². The maximum atomic E-state index is 12.3. The van der Waals surface area contributed by atoms with Crippen molar-refractivity contribution >= 4 is 11.6 Å². The highest BCUT2D eigenvalue weighted by atomic mass is 16.1. The van der Waals surface area contributed by atoms with Crippen LogP contribution < -0.4 is 10.6 Å². The minimum atomic E-state index is -0.0470. The van der Waals surface area contributed by atoms with Gasteiger partial charge in [-0.1, -0.05) is 18.2 Å². The highest BCUT2D eigenvalue weighted by Gasteiger charge is 2.25. The summed E-state index contributed by atoms with van der Waals surface area (Å²) < 4.78 is 0. The zero-order chi connectivity index (χ0) is 13.8. The molecule has 1 unspecified atom stereocenters. The van der Waals surface area contributed by atoms with Crippen molar-refractivity contribution in [3.63, 3.8) is 0 Å². The lowest BCUT2D eigenvalue weighted by Gasteiger charge is -2.25. The first-order chi connectivity index (χ1) is 9.84. The van der Waals surface area contributed by atoms with Crippen molar-refractivity contribution in [3.05, 3.63) is 48.0 Å². The second-order valence-corrected chi connectivity index (χ2v) is 4.97. The molecular formula is C15H18N4O. The van der Waals surface area contributed by atoms with Crippen molar-refractivity contribution in [3.8, 4) is 0 Å². The fourth-order valence-corrected chi connectivity index (χ4v) is 2.61. The molecule has 0 spiro atoms. The Morgan fingerprint density at radius 3 is 3.15 bits per heavy atom. The van der Waals surface area contributed by atoms with E-state index < -0.39 is 0 Å². The van der Waals surface area contributed by atoms with E-state index in [9.17, 15) is 4.79 Å². The lowest BCUT2D eigenvalue weighted by Crippen LogP contribution is -2.34. The van der Waals surface area contributed by atoms with Crippen molar-refractivity contribution < 1.29 is 4.79 Å². The van der Waals surface area contributed by atoms with E-state index in [0.29, 0.717) is 6.54 Å². The maximum Gasteiger partial charge on any atom is 0.227 e. The normalized spacial score (nSPS) is 17.1. The molecular weight excluding hydrogens is 252 g/mol. The second-order valence-electron chi connectivity index (χ2n) is 4.97. The summed E-state index contributed by atoms with van der Waals surface area (Å²) in [5.74, 6) is 0.0627. The van der Waals surface area contributed by atoms with Crippen molar-refractivity contribution in [2.45, 2.75) is 18.8 Å². The van der Waals surface area contributed by atoms with Gasteiger partial charge >= 0.3 is 0 Å². The van der Waals surface area contributed by atoms with E-state index in [4.69, 9.17) is 0 Å². The first-order valence-corrected chi connectivity index (χ1v) is 6.92. The van der Waals surface area contributed by atoms with Crippen molar-refractivity contribution in [2.24, 2.45) is 0 Å². The first-order valence-electron chi connectivity index (χ1n) is 6.92. The number of fused-ring (bicyclic) bond motifs is 1. The Hall–Kier alpha value is -2.30. The average molecular weight is 270 g/mol. The lowest BCUT2D eigenvalue weighted by atomic mass is 9.90. The maximum absolute atomic E-state index is 12.3. The molecule has 1 aromatic carbocycles. The standard InChI is InChI=1S/C15H18N4O/c20-15(18-7-5-11-9-16-10-19-11)13-6-8-17-14-4-2-1-3-12(13)14/h1-4,9-10,13,17H,5-8H2,(H,16,19)(H,18,20). The predicted octanol–water partition coefficient (Wildman–Crippen LogP) is 1.67. The molecule has 3 rings (SSSR count). The van der Waals surface area contributed by atoms with Gasteiger partial charge in [-0.05, 0) is 18.1 Å². The molecule has 0 saturated carbocycles. The number of amides is 1. The number of hydrogen-bond acceptors (Lipinski definition) is 3. The monoisotopic (exact) mass is 270 g/mol. The molecule has 5 heteroatoms. The fraction of sp³-hybridized carbons (Fsp3) is 0.333. The van der Waals surface area contributed by atoms with Gasteiger partial charge in [0.05, 0.1) is 12.2 Å². The molecule has 2 heterocycles. The van der Waals surface area contributed by atoms with Gasteiger partial charge in [-0.2, -0.15) is 0 Å². The van der Waals surface area contributed by atoms with E-state index in [1.165, 1.54) is 0 Å². The van der Waals surface area contributed by atoms with Gasteiger partial charge in [-0.3, -0.25) is 4.79 Å². The number of aromatic nitrogens is 2. The third-order valence-electron chi connectivity index (χ3n) is 3.65. The van der Waals surface area contributed by atoms with Gasteiger partial charge in [-0.15, -0.1) is 0 Å². The minimum Gasteiger partial charge on any atom is -0.385 e. The van der Waals surface area contributed by atoms with Crippen LogP contribution in [0.25, 0.3) is 0 Å². The highest BCUT2D eigenvalue weighted by molar-refractivity contribution is 5.86. The molecule has 0 aliphatic carbocycles. The minimum absolute atomic E-state index is 0.0470. The fourth-order valence-electron chi connectivity index (χ4n) is 2.61. The molecule has 1 aliphatic heterocycles. The molecule has 0 radical (unpaired) electrons. The topological polar surface area (TPSA) is 69.8 Å². The Kier molecular flexibility index (Phi) is 3.67. The van der Waals surface area contributed by atoms with Crippen molar-refractivity contribution in [2.75, 3.05) is 18.4 Å². The molecule has 1 aliphatic rings. The second kappa shape index (κ2) is 5.77. The molecule has 3 N–H and O–H groups in total. The smallest absolute Gasteiger partial charge is 0.227 e. The van der Waals surface area contributed by atoms with Crippen LogP contribution in [-0.2, 0) is 11.2 Å². The van der Waals surface area contributed by atoms with Gasteiger partial charge in [-0.25, -0.2) is 4.98 Å². The van der Waals surface area contributed by atoms with Crippen LogP contribution in [0.3, 0.4) is 0 Å². The molecule has 1 aromatic heterocycles. The van der Waals surface area contributed by atoms with Gasteiger partial charge in [0.25, 0.3) is 0 Å². The average Bonchev–Trinajstić information content (AvgIpc) is 3.00. The molecule has 2 aromatic rings. The quantitative estimate of drug-likeness (QED) is 0.791. The molecule has 1 amide bonds. The van der Waals surface area contributed by atoms with Crippen LogP contribution in [-0.4, -0.2) is 29.0 Å². The summed E-state index contributed by atoms with van der Waals surface area (Å²) >= 11 is 0. The summed E-state index contributed by atoms with van der Waals surface area (Å²) in [7, 11) is 0. The molecule has 20 heavy (non-hydrogen) atoms. The number of hydrogen-bond donors (Lipinski definition) is 3. The third kappa shape index (κ3) is 2.66. The van der Waals surface area contributed by atoms with E-state index in [-0.39, 0.29) is 11.8 Å². The van der Waals surface area contributed by atoms with Crippen LogP contribution in [0.2, 0.25) is 0 Å². The predicted molar refractivity (Wildman–Crippen MR) is 77.6 cm³/mol. The van der Waals surface area contributed by atoms with Gasteiger partial charge in [0.2, 0.25) is 5.91 Å². The highest BCUT2D eigenvalue weighted by Crippen LogP contribution is 2.31. The summed E-state index contributed by atoms with van der Waals surface area (Å²) in [5.41, 5.74) is 3.21. The van der Waals surface area contributed by atoms with Gasteiger partial charge < -0.3 is 15.6 Å². The number of anilines is 1. The number of carbonyl (C=O) groups excluding carboxylic acids is 1. The number of rotatable bonds is 4. The molecule has 5 nitrogen and oxygen atoms in total. The summed E-state index contributed by atoms with van der Waals surface area (Å²) in [6.45, 7) is 1.47. The first kappa shape index (κ1) is 12.7. The van der Waals surface area contributed by atoms with Crippen LogP contribution >= 0.6 is 0 Å². The van der Waals surface area contributed by atoms with Gasteiger partial charge in [0, 0.05) is 37.1 Å². The number of nitrogens with one attached hydrogen (secondary N) is 3. The lowest BCUT2D eigenvalue weighted by molar-refractivity contribution is -0.122.